The fourth-order valence-corrected chi connectivity index (χ4v) is 2.24. The van der Waals surface area contributed by atoms with Gasteiger partial charge in [0, 0.05) is 25.3 Å². The smallest absolute Gasteiger partial charge is 0.274 e. The molecule has 0 saturated heterocycles. The molecule has 0 saturated carbocycles. The highest BCUT2D eigenvalue weighted by Crippen LogP contribution is 2.17. The molecule has 2 rings (SSSR count). The Hall–Kier alpha value is -2.63. The van der Waals surface area contributed by atoms with Crippen LogP contribution in [0.5, 0.6) is 5.75 Å². The van der Waals surface area contributed by atoms with Crippen molar-refractivity contribution in [2.45, 2.75) is 26.7 Å². The molecule has 1 N–H and O–H groups in total. The summed E-state index contributed by atoms with van der Waals surface area (Å²) in [6.45, 7) is 4.83. The maximum Gasteiger partial charge on any atom is 0.274 e. The molecule has 1 amide bonds. The van der Waals surface area contributed by atoms with E-state index in [1.165, 1.54) is 0 Å². The number of aryl methyl sites for hydroxylation is 1. The van der Waals surface area contributed by atoms with Crippen LogP contribution < -0.4 is 15.0 Å². The van der Waals surface area contributed by atoms with Gasteiger partial charge in [-0.1, -0.05) is 13.3 Å². The summed E-state index contributed by atoms with van der Waals surface area (Å²) in [6, 6.07) is 8.90. The van der Waals surface area contributed by atoms with Crippen LogP contribution in [0.4, 0.5) is 11.5 Å². The lowest BCUT2D eigenvalue weighted by atomic mass is 10.2. The summed E-state index contributed by atoms with van der Waals surface area (Å²) in [7, 11) is 3.58. The summed E-state index contributed by atoms with van der Waals surface area (Å²) >= 11 is 0. The van der Waals surface area contributed by atoms with E-state index in [1.54, 1.807) is 44.4 Å². The summed E-state index contributed by atoms with van der Waals surface area (Å²) in [5.74, 6) is 1.83. The van der Waals surface area contributed by atoms with Gasteiger partial charge in [0.15, 0.2) is 0 Å². The molecule has 0 aliphatic heterocycles. The number of hydrogen-bond acceptors (Lipinski definition) is 5. The van der Waals surface area contributed by atoms with Crippen LogP contribution in [0.25, 0.3) is 0 Å². The number of anilines is 2. The standard InChI is InChI=1S/C18H24N4O2/c1-5-6-11-22(3)17-12-16(19-13(2)20-17)18(23)21-14-7-9-15(24-4)10-8-14/h7-10,12H,5-6,11H2,1-4H3,(H,21,23). The number of nitrogens with zero attached hydrogens (tertiary/aromatic N) is 3. The molecule has 0 radical (unpaired) electrons. The molecular weight excluding hydrogens is 304 g/mol. The van der Waals surface area contributed by atoms with Crippen LogP contribution >= 0.6 is 0 Å². The van der Waals surface area contributed by atoms with E-state index in [0.717, 1.165) is 31.0 Å². The zero-order valence-corrected chi connectivity index (χ0v) is 14.7. The number of benzene rings is 1. The van der Waals surface area contributed by atoms with Gasteiger partial charge in [0.2, 0.25) is 0 Å². The van der Waals surface area contributed by atoms with Crippen molar-refractivity contribution in [3.63, 3.8) is 0 Å². The second-order valence-electron chi connectivity index (χ2n) is 5.62. The Morgan fingerprint density at radius 2 is 1.96 bits per heavy atom. The molecule has 6 heteroatoms. The monoisotopic (exact) mass is 328 g/mol. The van der Waals surface area contributed by atoms with Crippen LogP contribution in [0.3, 0.4) is 0 Å². The Labute approximate surface area is 142 Å². The summed E-state index contributed by atoms with van der Waals surface area (Å²) in [5, 5.41) is 2.84. The van der Waals surface area contributed by atoms with Gasteiger partial charge in [-0.05, 0) is 37.6 Å². The van der Waals surface area contributed by atoms with Crippen LogP contribution in [-0.4, -0.2) is 36.6 Å². The molecule has 0 aliphatic carbocycles. The van der Waals surface area contributed by atoms with E-state index >= 15 is 0 Å². The number of methoxy groups -OCH3 is 1. The van der Waals surface area contributed by atoms with E-state index in [2.05, 4.69) is 22.2 Å². The van der Waals surface area contributed by atoms with Crippen LogP contribution in [-0.2, 0) is 0 Å². The van der Waals surface area contributed by atoms with Crippen LogP contribution in [0, 0.1) is 6.92 Å². The Morgan fingerprint density at radius 3 is 2.58 bits per heavy atom. The first-order valence-corrected chi connectivity index (χ1v) is 8.05. The molecule has 6 nitrogen and oxygen atoms in total. The maximum atomic E-state index is 12.5. The van der Waals surface area contributed by atoms with Crippen molar-refractivity contribution in [2.75, 3.05) is 30.9 Å². The van der Waals surface area contributed by atoms with Gasteiger partial charge in [-0.2, -0.15) is 0 Å². The molecule has 0 fully saturated rings. The Morgan fingerprint density at radius 1 is 1.25 bits per heavy atom. The average molecular weight is 328 g/mol. The third-order valence-corrected chi connectivity index (χ3v) is 3.64. The first kappa shape index (κ1) is 17.7. The van der Waals surface area contributed by atoms with Crippen LogP contribution in [0.1, 0.15) is 36.1 Å². The number of nitrogens with one attached hydrogen (secondary N) is 1. The number of amides is 1. The number of carbonyl (C=O) groups is 1. The van der Waals surface area contributed by atoms with Gasteiger partial charge in [0.25, 0.3) is 5.91 Å². The SMILES string of the molecule is CCCCN(C)c1cc(C(=O)Nc2ccc(OC)cc2)nc(C)n1. The summed E-state index contributed by atoms with van der Waals surface area (Å²) in [4.78, 5) is 23.2. The summed E-state index contributed by atoms with van der Waals surface area (Å²) in [6.07, 6.45) is 2.19. The fraction of sp³-hybridized carbons (Fsp3) is 0.389. The largest absolute Gasteiger partial charge is 0.497 e. The summed E-state index contributed by atoms with van der Waals surface area (Å²) in [5.41, 5.74) is 1.05. The van der Waals surface area contributed by atoms with E-state index < -0.39 is 0 Å². The maximum absolute atomic E-state index is 12.5. The molecule has 0 unspecified atom stereocenters. The van der Waals surface area contributed by atoms with Crippen molar-refractivity contribution in [3.05, 3.63) is 41.9 Å². The third-order valence-electron chi connectivity index (χ3n) is 3.64. The van der Waals surface area contributed by atoms with Crippen molar-refractivity contribution >= 4 is 17.4 Å². The lowest BCUT2D eigenvalue weighted by Crippen LogP contribution is -2.22. The number of unbranched alkanes of at least 4 members (excludes halogenated alkanes) is 1. The highest BCUT2D eigenvalue weighted by Gasteiger charge is 2.13. The van der Waals surface area contributed by atoms with E-state index in [1.807, 2.05) is 11.9 Å². The minimum absolute atomic E-state index is 0.254. The lowest BCUT2D eigenvalue weighted by molar-refractivity contribution is 0.102. The predicted octanol–water partition coefficient (Wildman–Crippen LogP) is 3.28. The molecule has 2 aromatic rings. The van der Waals surface area contributed by atoms with E-state index in [4.69, 9.17) is 4.74 Å². The molecule has 0 atom stereocenters. The topological polar surface area (TPSA) is 67.4 Å². The minimum Gasteiger partial charge on any atom is -0.497 e. The predicted molar refractivity (Wildman–Crippen MR) is 95.9 cm³/mol. The highest BCUT2D eigenvalue weighted by molar-refractivity contribution is 6.03. The van der Waals surface area contributed by atoms with Crippen LogP contribution in [0.15, 0.2) is 30.3 Å². The highest BCUT2D eigenvalue weighted by atomic mass is 16.5. The number of hydrogen-bond donors (Lipinski definition) is 1. The quantitative estimate of drug-likeness (QED) is 0.845. The lowest BCUT2D eigenvalue weighted by Gasteiger charge is -2.18. The average Bonchev–Trinajstić information content (AvgIpc) is 2.59. The minimum atomic E-state index is -0.254. The van der Waals surface area contributed by atoms with Crippen LogP contribution in [0.2, 0.25) is 0 Å². The van der Waals surface area contributed by atoms with Gasteiger partial charge in [0.05, 0.1) is 7.11 Å². The Bertz CT molecular complexity index is 686. The van der Waals surface area contributed by atoms with Gasteiger partial charge in [-0.3, -0.25) is 4.79 Å². The van der Waals surface area contributed by atoms with Gasteiger partial charge in [-0.15, -0.1) is 0 Å². The number of aromatic nitrogens is 2. The first-order valence-electron chi connectivity index (χ1n) is 8.05. The Balaban J connectivity index is 2.14. The van der Waals surface area contributed by atoms with Gasteiger partial charge in [0.1, 0.15) is 23.1 Å². The molecule has 1 heterocycles. The molecular formula is C18H24N4O2. The number of ether oxygens (including phenoxy) is 1. The molecule has 0 aliphatic rings. The third kappa shape index (κ3) is 4.68. The van der Waals surface area contributed by atoms with Crippen molar-refractivity contribution in [1.82, 2.24) is 9.97 Å². The second kappa shape index (κ2) is 8.29. The molecule has 0 bridgehead atoms. The number of rotatable bonds is 7. The first-order chi connectivity index (χ1) is 11.5. The zero-order chi connectivity index (χ0) is 17.5. The van der Waals surface area contributed by atoms with E-state index in [-0.39, 0.29) is 5.91 Å². The van der Waals surface area contributed by atoms with E-state index in [0.29, 0.717) is 17.2 Å². The molecule has 0 spiro atoms. The molecule has 24 heavy (non-hydrogen) atoms. The van der Waals surface area contributed by atoms with Crippen molar-refractivity contribution < 1.29 is 9.53 Å². The molecule has 128 valence electrons. The zero-order valence-electron chi connectivity index (χ0n) is 14.7. The number of carbonyl (C=O) groups excluding carboxylic acids is 1. The van der Waals surface area contributed by atoms with Gasteiger partial charge >= 0.3 is 0 Å². The Kier molecular flexibility index (Phi) is 6.12. The molecule has 1 aromatic carbocycles. The van der Waals surface area contributed by atoms with E-state index in [9.17, 15) is 4.79 Å². The second-order valence-corrected chi connectivity index (χ2v) is 5.62. The van der Waals surface area contributed by atoms with Gasteiger partial charge < -0.3 is 15.0 Å². The normalized spacial score (nSPS) is 10.3. The fourth-order valence-electron chi connectivity index (χ4n) is 2.24. The van der Waals surface area contributed by atoms with Crippen molar-refractivity contribution in [2.24, 2.45) is 0 Å². The summed E-state index contributed by atoms with van der Waals surface area (Å²) < 4.78 is 5.11. The van der Waals surface area contributed by atoms with Crippen molar-refractivity contribution in [1.29, 1.82) is 0 Å². The van der Waals surface area contributed by atoms with Gasteiger partial charge in [-0.25, -0.2) is 9.97 Å². The van der Waals surface area contributed by atoms with Crippen molar-refractivity contribution in [3.8, 4) is 5.75 Å². The molecule has 1 aromatic heterocycles.